The van der Waals surface area contributed by atoms with E-state index >= 15 is 0 Å². The molecule has 4 aromatic carbocycles. The van der Waals surface area contributed by atoms with E-state index in [2.05, 4.69) is 10.5 Å². The molecule has 0 atom stereocenters. The Morgan fingerprint density at radius 3 is 2.40 bits per heavy atom. The van der Waals surface area contributed by atoms with E-state index in [1.54, 1.807) is 55.5 Å². The molecule has 0 unspecified atom stereocenters. The van der Waals surface area contributed by atoms with Gasteiger partial charge < -0.3 is 9.47 Å². The first-order valence-electron chi connectivity index (χ1n) is 13.4. The molecule has 8 nitrogen and oxygen atoms in total. The van der Waals surface area contributed by atoms with Crippen molar-refractivity contribution >= 4 is 51.0 Å². The van der Waals surface area contributed by atoms with Gasteiger partial charge in [0.05, 0.1) is 23.4 Å². The molecular weight excluding hydrogens is 609 g/mol. The fourth-order valence-electron chi connectivity index (χ4n) is 4.01. The monoisotopic (exact) mass is 639 g/mol. The highest BCUT2D eigenvalue weighted by Gasteiger charge is 2.27. The molecule has 0 saturated carbocycles. The number of sulfonamides is 1. The van der Waals surface area contributed by atoms with Gasteiger partial charge in [-0.3, -0.25) is 9.10 Å². The predicted octanol–water partition coefficient (Wildman–Crippen LogP) is 6.93. The molecule has 0 aromatic heterocycles. The number of hydrogen-bond acceptors (Lipinski definition) is 6. The van der Waals surface area contributed by atoms with E-state index in [1.807, 2.05) is 32.0 Å². The summed E-state index contributed by atoms with van der Waals surface area (Å²) in [6.45, 7) is 5.73. The second-order valence-corrected chi connectivity index (χ2v) is 12.3. The van der Waals surface area contributed by atoms with Crippen molar-refractivity contribution in [3.8, 4) is 11.5 Å². The number of hydrogen-bond donors (Lipinski definition) is 1. The van der Waals surface area contributed by atoms with E-state index in [1.165, 1.54) is 24.4 Å². The number of rotatable bonds is 12. The molecule has 0 saturated heterocycles. The normalized spacial score (nSPS) is 11.4. The number of anilines is 1. The molecule has 224 valence electrons. The number of aryl methyl sites for hydroxylation is 2. The van der Waals surface area contributed by atoms with Crippen molar-refractivity contribution in [3.05, 3.63) is 117 Å². The maximum atomic E-state index is 13.6. The van der Waals surface area contributed by atoms with Crippen LogP contribution in [0, 0.1) is 13.8 Å². The van der Waals surface area contributed by atoms with Crippen LogP contribution in [0.5, 0.6) is 11.5 Å². The molecule has 4 rings (SSSR count). The van der Waals surface area contributed by atoms with Gasteiger partial charge >= 0.3 is 0 Å². The second kappa shape index (κ2) is 14.4. The zero-order valence-corrected chi connectivity index (χ0v) is 26.2. The van der Waals surface area contributed by atoms with E-state index in [0.717, 1.165) is 21.0 Å². The topological polar surface area (TPSA) is 97.3 Å². The fraction of sp³-hybridized carbons (Fsp3) is 0.188. The fourth-order valence-corrected chi connectivity index (χ4v) is 5.81. The smallest absolute Gasteiger partial charge is 0.264 e. The zero-order chi connectivity index (χ0) is 31.0. The summed E-state index contributed by atoms with van der Waals surface area (Å²) in [5, 5.41) is 5.04. The van der Waals surface area contributed by atoms with Crippen molar-refractivity contribution < 1.29 is 22.7 Å². The minimum atomic E-state index is -4.09. The van der Waals surface area contributed by atoms with Gasteiger partial charge in [-0.15, -0.1) is 0 Å². The van der Waals surface area contributed by atoms with E-state index in [0.29, 0.717) is 40.3 Å². The quantitative estimate of drug-likeness (QED) is 0.134. The van der Waals surface area contributed by atoms with Crippen LogP contribution in [0.25, 0.3) is 0 Å². The Kier molecular flexibility index (Phi) is 10.7. The number of carbonyl (C=O) groups excluding carboxylic acids is 1. The molecule has 1 amide bonds. The number of hydrazone groups is 1. The molecule has 0 radical (unpaired) electrons. The minimum Gasteiger partial charge on any atom is -0.490 e. The first-order chi connectivity index (χ1) is 20.6. The van der Waals surface area contributed by atoms with E-state index in [9.17, 15) is 13.2 Å². The van der Waals surface area contributed by atoms with E-state index in [-0.39, 0.29) is 10.6 Å². The summed E-state index contributed by atoms with van der Waals surface area (Å²) in [6.07, 6.45) is 1.43. The number of nitrogens with one attached hydrogen (secondary N) is 1. The van der Waals surface area contributed by atoms with Crippen LogP contribution in [0.2, 0.25) is 10.0 Å². The molecule has 11 heteroatoms. The summed E-state index contributed by atoms with van der Waals surface area (Å²) in [4.78, 5) is 13.0. The maximum absolute atomic E-state index is 13.6. The van der Waals surface area contributed by atoms with Crippen LogP contribution in [0.15, 0.2) is 94.9 Å². The molecule has 0 heterocycles. The largest absolute Gasteiger partial charge is 0.490 e. The number of benzene rings is 4. The van der Waals surface area contributed by atoms with Crippen LogP contribution in [-0.4, -0.2) is 33.7 Å². The Morgan fingerprint density at radius 2 is 1.70 bits per heavy atom. The molecule has 4 aromatic rings. The predicted molar refractivity (Wildman–Crippen MR) is 171 cm³/mol. The third-order valence-electron chi connectivity index (χ3n) is 6.29. The van der Waals surface area contributed by atoms with Crippen molar-refractivity contribution in [3.63, 3.8) is 0 Å². The number of amides is 1. The Hall–Kier alpha value is -4.05. The van der Waals surface area contributed by atoms with Crippen LogP contribution < -0.4 is 19.2 Å². The average Bonchev–Trinajstić information content (AvgIpc) is 2.97. The van der Waals surface area contributed by atoms with Crippen molar-refractivity contribution in [2.24, 2.45) is 5.10 Å². The number of ether oxygens (including phenoxy) is 2. The lowest BCUT2D eigenvalue weighted by molar-refractivity contribution is -0.119. The summed E-state index contributed by atoms with van der Waals surface area (Å²) < 4.78 is 39.9. The van der Waals surface area contributed by atoms with Crippen LogP contribution in [0.4, 0.5) is 5.69 Å². The Labute approximate surface area is 261 Å². The first-order valence-corrected chi connectivity index (χ1v) is 15.6. The molecule has 0 bridgehead atoms. The van der Waals surface area contributed by atoms with Gasteiger partial charge in [-0.25, -0.2) is 13.8 Å². The summed E-state index contributed by atoms with van der Waals surface area (Å²) >= 11 is 12.4. The van der Waals surface area contributed by atoms with Crippen LogP contribution in [-0.2, 0) is 21.4 Å². The molecule has 0 fully saturated rings. The van der Waals surface area contributed by atoms with Gasteiger partial charge in [0.25, 0.3) is 15.9 Å². The number of carbonyl (C=O) groups is 1. The molecule has 1 N–H and O–H groups in total. The average molecular weight is 641 g/mol. The second-order valence-electron chi connectivity index (χ2n) is 9.61. The molecule has 0 aliphatic rings. The van der Waals surface area contributed by atoms with E-state index < -0.39 is 22.5 Å². The van der Waals surface area contributed by atoms with Crippen molar-refractivity contribution in [2.75, 3.05) is 17.5 Å². The van der Waals surface area contributed by atoms with Crippen LogP contribution >= 0.6 is 23.2 Å². The Morgan fingerprint density at radius 1 is 0.930 bits per heavy atom. The summed E-state index contributed by atoms with van der Waals surface area (Å²) in [7, 11) is -4.09. The molecule has 0 spiro atoms. The SMILES string of the molecule is CCOc1cc(/C=N\NC(=O)CN(c2ccc(C)c(Cl)c2)S(=O)(=O)c2ccc(C)cc2)ccc1OCc1cccc(Cl)c1. The van der Waals surface area contributed by atoms with Gasteiger partial charge in [-0.05, 0) is 92.1 Å². The van der Waals surface area contributed by atoms with Crippen molar-refractivity contribution in [2.45, 2.75) is 32.3 Å². The van der Waals surface area contributed by atoms with Gasteiger partial charge in [0.15, 0.2) is 11.5 Å². The standard InChI is InChI=1S/C32H31Cl2N3O5S/c1-4-41-31-17-24(11-15-30(31)42-21-25-6-5-7-26(33)16-25)19-35-36-32(38)20-37(27-12-10-23(3)29(34)18-27)43(39,40)28-13-8-22(2)9-14-28/h5-19H,4,20-21H2,1-3H3,(H,36,38)/b35-19-. The van der Waals surface area contributed by atoms with Gasteiger partial charge in [0, 0.05) is 10.0 Å². The molecule has 0 aliphatic carbocycles. The first kappa shape index (κ1) is 31.9. The molecular formula is C32H31Cl2N3O5S. The lowest BCUT2D eigenvalue weighted by Crippen LogP contribution is -2.39. The maximum Gasteiger partial charge on any atom is 0.264 e. The molecule has 0 aliphatic heterocycles. The van der Waals surface area contributed by atoms with Gasteiger partial charge in [-0.1, -0.05) is 59.1 Å². The minimum absolute atomic E-state index is 0.0484. The van der Waals surface area contributed by atoms with Crippen molar-refractivity contribution in [1.29, 1.82) is 0 Å². The third-order valence-corrected chi connectivity index (χ3v) is 8.72. The summed E-state index contributed by atoms with van der Waals surface area (Å²) in [5.41, 5.74) is 5.90. The number of nitrogens with zero attached hydrogens (tertiary/aromatic N) is 2. The van der Waals surface area contributed by atoms with Crippen molar-refractivity contribution in [1.82, 2.24) is 5.43 Å². The lowest BCUT2D eigenvalue weighted by atomic mass is 10.2. The van der Waals surface area contributed by atoms with Crippen LogP contribution in [0.3, 0.4) is 0 Å². The van der Waals surface area contributed by atoms with Crippen LogP contribution in [0.1, 0.15) is 29.2 Å². The highest BCUT2D eigenvalue weighted by atomic mass is 35.5. The third kappa shape index (κ3) is 8.50. The zero-order valence-electron chi connectivity index (χ0n) is 23.9. The van der Waals surface area contributed by atoms with Gasteiger partial charge in [-0.2, -0.15) is 5.10 Å². The van der Waals surface area contributed by atoms with Gasteiger partial charge in [0.2, 0.25) is 0 Å². The highest BCUT2D eigenvalue weighted by Crippen LogP contribution is 2.30. The highest BCUT2D eigenvalue weighted by molar-refractivity contribution is 7.92. The Bertz CT molecular complexity index is 1730. The summed E-state index contributed by atoms with van der Waals surface area (Å²) in [6, 6.07) is 23.8. The summed E-state index contributed by atoms with van der Waals surface area (Å²) in [5.74, 6) is 0.401. The number of halogens is 2. The lowest BCUT2D eigenvalue weighted by Gasteiger charge is -2.24. The van der Waals surface area contributed by atoms with E-state index in [4.69, 9.17) is 32.7 Å². The Balaban J connectivity index is 1.49. The molecule has 43 heavy (non-hydrogen) atoms. The van der Waals surface area contributed by atoms with Gasteiger partial charge in [0.1, 0.15) is 13.2 Å².